The molecule has 18 heavy (non-hydrogen) atoms. The normalized spacial score (nSPS) is 12.8. The van der Waals surface area contributed by atoms with Crippen LogP contribution in [-0.4, -0.2) is 48.4 Å². The van der Waals surface area contributed by atoms with Gasteiger partial charge < -0.3 is 14.8 Å². The number of ether oxygens (including phenoxy) is 1. The monoisotopic (exact) mass is 251 g/mol. The molecule has 0 saturated heterocycles. The molecule has 0 heterocycles. The van der Waals surface area contributed by atoms with Crippen molar-refractivity contribution in [1.29, 1.82) is 0 Å². The molecule has 1 aromatic carbocycles. The third-order valence-electron chi connectivity index (χ3n) is 3.14. The molecule has 0 aliphatic rings. The predicted molar refractivity (Wildman–Crippen MR) is 73.7 cm³/mol. The summed E-state index contributed by atoms with van der Waals surface area (Å²) in [5.41, 5.74) is 1.51. The van der Waals surface area contributed by atoms with Crippen molar-refractivity contribution in [2.45, 2.75) is 26.4 Å². The lowest BCUT2D eigenvalue weighted by atomic mass is 9.77. The van der Waals surface area contributed by atoms with Crippen molar-refractivity contribution in [2.24, 2.45) is 0 Å². The molecule has 1 rings (SSSR count). The maximum absolute atomic E-state index is 9.34. The fourth-order valence-electron chi connectivity index (χ4n) is 2.07. The Morgan fingerprint density at radius 1 is 1.33 bits per heavy atom. The highest BCUT2D eigenvalue weighted by Gasteiger charge is 2.18. The van der Waals surface area contributed by atoms with Gasteiger partial charge in [-0.15, -0.1) is 0 Å². The minimum atomic E-state index is -1.42. The molecular weight excluding hydrogens is 229 g/mol. The number of benzene rings is 1. The molecule has 0 aromatic heterocycles. The lowest BCUT2D eigenvalue weighted by Crippen LogP contribution is -2.40. The van der Waals surface area contributed by atoms with Gasteiger partial charge in [0.05, 0.1) is 6.61 Å². The zero-order valence-corrected chi connectivity index (χ0v) is 11.3. The van der Waals surface area contributed by atoms with Gasteiger partial charge in [0.1, 0.15) is 0 Å². The standard InChI is InChI=1S/C13H22BNO3/c1-4-15(11(2)10-18-3)9-12-7-5-6-8-13(12)14(16)17/h5-8,11,16-17H,4,9-10H2,1-3H3. The van der Waals surface area contributed by atoms with E-state index in [4.69, 9.17) is 4.74 Å². The summed E-state index contributed by atoms with van der Waals surface area (Å²) >= 11 is 0. The van der Waals surface area contributed by atoms with E-state index >= 15 is 0 Å². The summed E-state index contributed by atoms with van der Waals surface area (Å²) in [6, 6.07) is 7.69. The molecule has 0 spiro atoms. The van der Waals surface area contributed by atoms with E-state index in [2.05, 4.69) is 18.7 Å². The SMILES string of the molecule is CCN(Cc1ccccc1B(O)O)C(C)COC. The molecule has 0 aliphatic carbocycles. The molecule has 0 aliphatic heterocycles. The van der Waals surface area contributed by atoms with Crippen LogP contribution in [0.4, 0.5) is 0 Å². The lowest BCUT2D eigenvalue weighted by Gasteiger charge is -2.28. The third-order valence-corrected chi connectivity index (χ3v) is 3.14. The van der Waals surface area contributed by atoms with Gasteiger partial charge in [-0.2, -0.15) is 0 Å². The third kappa shape index (κ3) is 4.10. The molecule has 1 aromatic rings. The van der Waals surface area contributed by atoms with E-state index in [0.717, 1.165) is 12.1 Å². The Morgan fingerprint density at radius 2 is 2.00 bits per heavy atom. The van der Waals surface area contributed by atoms with Gasteiger partial charge in [-0.05, 0) is 24.5 Å². The van der Waals surface area contributed by atoms with E-state index in [1.165, 1.54) is 0 Å². The zero-order valence-electron chi connectivity index (χ0n) is 11.3. The van der Waals surface area contributed by atoms with E-state index < -0.39 is 7.12 Å². The van der Waals surface area contributed by atoms with Gasteiger partial charge in [0, 0.05) is 19.7 Å². The van der Waals surface area contributed by atoms with Crippen molar-refractivity contribution >= 4 is 12.6 Å². The average Bonchev–Trinajstić information content (AvgIpc) is 2.36. The number of nitrogens with zero attached hydrogens (tertiary/aromatic N) is 1. The molecule has 1 atom stereocenters. The van der Waals surface area contributed by atoms with Crippen LogP contribution in [0.5, 0.6) is 0 Å². The van der Waals surface area contributed by atoms with Crippen LogP contribution in [0.15, 0.2) is 24.3 Å². The van der Waals surface area contributed by atoms with Crippen molar-refractivity contribution < 1.29 is 14.8 Å². The Morgan fingerprint density at radius 3 is 2.56 bits per heavy atom. The van der Waals surface area contributed by atoms with Gasteiger partial charge in [-0.25, -0.2) is 0 Å². The Balaban J connectivity index is 2.81. The van der Waals surface area contributed by atoms with Crippen molar-refractivity contribution in [3.63, 3.8) is 0 Å². The van der Waals surface area contributed by atoms with Gasteiger partial charge in [0.2, 0.25) is 0 Å². The van der Waals surface area contributed by atoms with Crippen LogP contribution in [0.25, 0.3) is 0 Å². The van der Waals surface area contributed by atoms with Crippen LogP contribution in [-0.2, 0) is 11.3 Å². The molecular formula is C13H22BNO3. The summed E-state index contributed by atoms with van der Waals surface area (Å²) in [7, 11) is 0.271. The number of methoxy groups -OCH3 is 1. The summed E-state index contributed by atoms with van der Waals surface area (Å²) in [6.45, 7) is 6.43. The van der Waals surface area contributed by atoms with Gasteiger partial charge >= 0.3 is 7.12 Å². The average molecular weight is 251 g/mol. The van der Waals surface area contributed by atoms with E-state index in [0.29, 0.717) is 24.7 Å². The van der Waals surface area contributed by atoms with Crippen molar-refractivity contribution in [3.8, 4) is 0 Å². The number of hydrogen-bond acceptors (Lipinski definition) is 4. The van der Waals surface area contributed by atoms with E-state index in [9.17, 15) is 10.0 Å². The molecule has 0 saturated carbocycles. The van der Waals surface area contributed by atoms with Gasteiger partial charge in [-0.3, -0.25) is 4.90 Å². The van der Waals surface area contributed by atoms with Crippen molar-refractivity contribution in [2.75, 3.05) is 20.3 Å². The molecule has 0 bridgehead atoms. The van der Waals surface area contributed by atoms with Crippen LogP contribution in [0, 0.1) is 0 Å². The van der Waals surface area contributed by atoms with E-state index in [1.807, 2.05) is 18.2 Å². The van der Waals surface area contributed by atoms with Gasteiger partial charge in [0.15, 0.2) is 0 Å². The lowest BCUT2D eigenvalue weighted by molar-refractivity contribution is 0.0983. The summed E-state index contributed by atoms with van der Waals surface area (Å²) < 4.78 is 5.16. The maximum Gasteiger partial charge on any atom is 0.488 e. The molecule has 0 amide bonds. The van der Waals surface area contributed by atoms with Crippen LogP contribution >= 0.6 is 0 Å². The smallest absolute Gasteiger partial charge is 0.423 e. The minimum Gasteiger partial charge on any atom is -0.423 e. The highest BCUT2D eigenvalue weighted by Crippen LogP contribution is 2.07. The van der Waals surface area contributed by atoms with Gasteiger partial charge in [-0.1, -0.05) is 31.2 Å². The van der Waals surface area contributed by atoms with Crippen LogP contribution in [0.1, 0.15) is 19.4 Å². The first-order valence-corrected chi connectivity index (χ1v) is 6.27. The van der Waals surface area contributed by atoms with Crippen LogP contribution in [0.2, 0.25) is 0 Å². The first kappa shape index (κ1) is 15.2. The molecule has 4 nitrogen and oxygen atoms in total. The molecule has 0 fully saturated rings. The summed E-state index contributed by atoms with van der Waals surface area (Å²) in [6.07, 6.45) is 0. The second-order valence-electron chi connectivity index (χ2n) is 4.44. The van der Waals surface area contributed by atoms with Crippen molar-refractivity contribution in [3.05, 3.63) is 29.8 Å². The van der Waals surface area contributed by atoms with Crippen LogP contribution in [0.3, 0.4) is 0 Å². The number of likely N-dealkylation sites (N-methyl/N-ethyl adjacent to an activating group) is 1. The molecule has 5 heteroatoms. The predicted octanol–water partition coefficient (Wildman–Crippen LogP) is 0.223. The fourth-order valence-corrected chi connectivity index (χ4v) is 2.07. The van der Waals surface area contributed by atoms with E-state index in [-0.39, 0.29) is 0 Å². The second-order valence-corrected chi connectivity index (χ2v) is 4.44. The highest BCUT2D eigenvalue weighted by atomic mass is 16.5. The van der Waals surface area contributed by atoms with E-state index in [1.54, 1.807) is 13.2 Å². The quantitative estimate of drug-likeness (QED) is 0.681. The van der Waals surface area contributed by atoms with Crippen molar-refractivity contribution in [1.82, 2.24) is 4.90 Å². The van der Waals surface area contributed by atoms with Gasteiger partial charge in [0.25, 0.3) is 0 Å². The summed E-state index contributed by atoms with van der Waals surface area (Å²) in [5.74, 6) is 0. The largest absolute Gasteiger partial charge is 0.488 e. The minimum absolute atomic E-state index is 0.295. The Kier molecular flexibility index (Phi) is 6.36. The molecule has 100 valence electrons. The first-order valence-electron chi connectivity index (χ1n) is 6.27. The summed E-state index contributed by atoms with van der Waals surface area (Å²) in [5, 5.41) is 18.7. The Bertz CT molecular complexity index is 360. The highest BCUT2D eigenvalue weighted by molar-refractivity contribution is 6.59. The number of hydrogen-bond donors (Lipinski definition) is 2. The molecule has 2 N–H and O–H groups in total. The molecule has 0 radical (unpaired) electrons. The number of rotatable bonds is 7. The Hall–Kier alpha value is -0.875. The fraction of sp³-hybridized carbons (Fsp3) is 0.538. The zero-order chi connectivity index (χ0) is 13.5. The molecule has 1 unspecified atom stereocenters. The first-order chi connectivity index (χ1) is 8.60. The topological polar surface area (TPSA) is 52.9 Å². The Labute approximate surface area is 109 Å². The maximum atomic E-state index is 9.34. The summed E-state index contributed by atoms with van der Waals surface area (Å²) in [4.78, 5) is 2.24. The second kappa shape index (κ2) is 7.54. The van der Waals surface area contributed by atoms with Crippen LogP contribution < -0.4 is 5.46 Å².